The molecular formula is C18H27N. The molecule has 0 spiro atoms. The van der Waals surface area contributed by atoms with Crippen molar-refractivity contribution in [3.05, 3.63) is 53.8 Å². The fourth-order valence-corrected chi connectivity index (χ4v) is 1.90. The maximum absolute atomic E-state index is 3.46. The summed E-state index contributed by atoms with van der Waals surface area (Å²) in [5.74, 6) is 0. The summed E-state index contributed by atoms with van der Waals surface area (Å²) in [4.78, 5) is 0. The number of allylic oxidation sites excluding steroid dienone is 1. The lowest BCUT2D eigenvalue weighted by molar-refractivity contribution is 0.655. The average Bonchev–Trinajstić information content (AvgIpc) is 2.46. The van der Waals surface area contributed by atoms with Crippen LogP contribution in [0.15, 0.2) is 48.2 Å². The largest absolute Gasteiger partial charge is 0.313 e. The molecular weight excluding hydrogens is 230 g/mol. The molecule has 1 aromatic carbocycles. The van der Waals surface area contributed by atoms with Gasteiger partial charge in [0.2, 0.25) is 0 Å². The van der Waals surface area contributed by atoms with Crippen molar-refractivity contribution in [3.63, 3.8) is 0 Å². The van der Waals surface area contributed by atoms with Gasteiger partial charge >= 0.3 is 0 Å². The molecule has 0 bridgehead atoms. The minimum Gasteiger partial charge on any atom is -0.313 e. The third-order valence-electron chi connectivity index (χ3n) is 3.06. The molecule has 0 aliphatic rings. The molecule has 104 valence electrons. The summed E-state index contributed by atoms with van der Waals surface area (Å²) >= 11 is 0. The molecule has 0 heterocycles. The predicted octanol–water partition coefficient (Wildman–Crippen LogP) is 4.85. The number of rotatable bonds is 10. The molecule has 19 heavy (non-hydrogen) atoms. The molecule has 0 aromatic heterocycles. The zero-order valence-electron chi connectivity index (χ0n) is 12.2. The summed E-state index contributed by atoms with van der Waals surface area (Å²) in [6.07, 6.45) is 11.7. The maximum Gasteiger partial charge on any atom is 0.0205 e. The Morgan fingerprint density at radius 3 is 2.47 bits per heavy atom. The van der Waals surface area contributed by atoms with E-state index in [1.54, 1.807) is 0 Å². The van der Waals surface area contributed by atoms with Gasteiger partial charge in [0.1, 0.15) is 0 Å². The van der Waals surface area contributed by atoms with Gasteiger partial charge in [-0.2, -0.15) is 0 Å². The average molecular weight is 257 g/mol. The molecule has 0 aliphatic carbocycles. The van der Waals surface area contributed by atoms with Crippen molar-refractivity contribution in [1.82, 2.24) is 5.32 Å². The highest BCUT2D eigenvalue weighted by atomic mass is 14.8. The van der Waals surface area contributed by atoms with E-state index >= 15 is 0 Å². The van der Waals surface area contributed by atoms with Gasteiger partial charge in [-0.1, -0.05) is 50.1 Å². The van der Waals surface area contributed by atoms with E-state index in [-0.39, 0.29) is 0 Å². The van der Waals surface area contributed by atoms with E-state index in [1.807, 2.05) is 0 Å². The number of benzene rings is 1. The summed E-state index contributed by atoms with van der Waals surface area (Å²) in [6.45, 7) is 4.28. The minimum absolute atomic E-state index is 0.970. The molecule has 0 amide bonds. The topological polar surface area (TPSA) is 12.0 Å². The molecule has 1 aromatic rings. The van der Waals surface area contributed by atoms with E-state index in [9.17, 15) is 0 Å². The summed E-state index contributed by atoms with van der Waals surface area (Å²) in [5, 5.41) is 3.46. The van der Waals surface area contributed by atoms with Crippen LogP contribution in [0.1, 0.15) is 51.0 Å². The standard InChI is InChI=1S/C18H27N/c1-2-3-4-5-6-7-8-9-13-16-19-17-18-14-11-10-12-15-18/h6,8,10-12,14-15,19H,2-5,9,13,16-17H2,1H3. The van der Waals surface area contributed by atoms with Gasteiger partial charge in [-0.3, -0.25) is 0 Å². The van der Waals surface area contributed by atoms with E-state index in [4.69, 9.17) is 0 Å². The Hall–Kier alpha value is -1.30. The number of hydrogen-bond donors (Lipinski definition) is 1. The lowest BCUT2D eigenvalue weighted by atomic mass is 10.2. The van der Waals surface area contributed by atoms with Crippen LogP contribution in [0.3, 0.4) is 0 Å². The lowest BCUT2D eigenvalue weighted by Crippen LogP contribution is -2.14. The van der Waals surface area contributed by atoms with Crippen molar-refractivity contribution in [2.75, 3.05) is 6.54 Å². The highest BCUT2D eigenvalue weighted by molar-refractivity contribution is 5.14. The van der Waals surface area contributed by atoms with Crippen molar-refractivity contribution in [3.8, 4) is 0 Å². The molecule has 1 heteroatoms. The molecule has 1 rings (SSSR count). The van der Waals surface area contributed by atoms with Crippen LogP contribution in [-0.4, -0.2) is 6.54 Å². The predicted molar refractivity (Wildman–Crippen MR) is 84.2 cm³/mol. The third kappa shape index (κ3) is 9.30. The van der Waals surface area contributed by atoms with Gasteiger partial charge in [0, 0.05) is 6.54 Å². The van der Waals surface area contributed by atoms with Gasteiger partial charge in [-0.15, -0.1) is 5.73 Å². The minimum atomic E-state index is 0.970. The monoisotopic (exact) mass is 257 g/mol. The summed E-state index contributed by atoms with van der Waals surface area (Å²) < 4.78 is 0. The fourth-order valence-electron chi connectivity index (χ4n) is 1.90. The molecule has 1 N–H and O–H groups in total. The third-order valence-corrected chi connectivity index (χ3v) is 3.06. The molecule has 0 atom stereocenters. The first-order chi connectivity index (χ1) is 9.43. The van der Waals surface area contributed by atoms with E-state index < -0.39 is 0 Å². The summed E-state index contributed by atoms with van der Waals surface area (Å²) in [6, 6.07) is 10.5. The van der Waals surface area contributed by atoms with Gasteiger partial charge in [0.05, 0.1) is 0 Å². The van der Waals surface area contributed by atoms with Crippen LogP contribution >= 0.6 is 0 Å². The second-order valence-corrected chi connectivity index (χ2v) is 4.88. The van der Waals surface area contributed by atoms with Gasteiger partial charge in [0.25, 0.3) is 0 Å². The molecule has 0 saturated heterocycles. The Labute approximate surface area is 118 Å². The molecule has 1 nitrogen and oxygen atoms in total. The highest BCUT2D eigenvalue weighted by Crippen LogP contribution is 1.99. The first-order valence-electron chi connectivity index (χ1n) is 7.57. The highest BCUT2D eigenvalue weighted by Gasteiger charge is 1.89. The quantitative estimate of drug-likeness (QED) is 0.467. The molecule has 0 unspecified atom stereocenters. The molecule has 0 fully saturated rings. The van der Waals surface area contributed by atoms with Crippen molar-refractivity contribution >= 4 is 0 Å². The number of unbranched alkanes of at least 4 members (excludes halogenated alkanes) is 4. The van der Waals surface area contributed by atoms with Crippen LogP contribution in [0.2, 0.25) is 0 Å². The van der Waals surface area contributed by atoms with Crippen molar-refractivity contribution in [2.24, 2.45) is 0 Å². The lowest BCUT2D eigenvalue weighted by Gasteiger charge is -2.02. The maximum atomic E-state index is 3.46. The van der Waals surface area contributed by atoms with Crippen molar-refractivity contribution in [2.45, 2.75) is 52.0 Å². The van der Waals surface area contributed by atoms with Crippen LogP contribution < -0.4 is 5.32 Å². The van der Waals surface area contributed by atoms with E-state index in [1.165, 1.54) is 37.7 Å². The van der Waals surface area contributed by atoms with Crippen LogP contribution in [0, 0.1) is 0 Å². The Balaban J connectivity index is 1.95. The zero-order valence-corrected chi connectivity index (χ0v) is 12.2. The smallest absolute Gasteiger partial charge is 0.0205 e. The van der Waals surface area contributed by atoms with Crippen LogP contribution in [0.5, 0.6) is 0 Å². The fraction of sp³-hybridized carbons (Fsp3) is 0.500. The SMILES string of the molecule is CCCCCC=C=CCCCNCc1ccccc1. The van der Waals surface area contributed by atoms with E-state index in [0.29, 0.717) is 0 Å². The molecule has 0 saturated carbocycles. The van der Waals surface area contributed by atoms with Crippen LogP contribution in [-0.2, 0) is 6.54 Å². The summed E-state index contributed by atoms with van der Waals surface area (Å²) in [5.41, 5.74) is 4.63. The number of hydrogen-bond acceptors (Lipinski definition) is 1. The van der Waals surface area contributed by atoms with Gasteiger partial charge in [-0.05, 0) is 49.9 Å². The van der Waals surface area contributed by atoms with E-state index in [2.05, 4.69) is 60.5 Å². The number of nitrogens with one attached hydrogen (secondary N) is 1. The van der Waals surface area contributed by atoms with Crippen LogP contribution in [0.25, 0.3) is 0 Å². The second kappa shape index (κ2) is 11.8. The normalized spacial score (nSPS) is 9.95. The van der Waals surface area contributed by atoms with Crippen molar-refractivity contribution in [1.29, 1.82) is 0 Å². The van der Waals surface area contributed by atoms with E-state index in [0.717, 1.165) is 19.5 Å². The Morgan fingerprint density at radius 1 is 1.00 bits per heavy atom. The Kier molecular flexibility index (Phi) is 9.76. The Morgan fingerprint density at radius 2 is 1.74 bits per heavy atom. The van der Waals surface area contributed by atoms with Crippen LogP contribution in [0.4, 0.5) is 0 Å². The second-order valence-electron chi connectivity index (χ2n) is 4.88. The first kappa shape index (κ1) is 15.8. The summed E-state index contributed by atoms with van der Waals surface area (Å²) in [7, 11) is 0. The molecule has 0 radical (unpaired) electrons. The zero-order chi connectivity index (χ0) is 13.6. The van der Waals surface area contributed by atoms with Gasteiger partial charge in [-0.25, -0.2) is 0 Å². The Bertz CT molecular complexity index is 361. The van der Waals surface area contributed by atoms with Gasteiger partial charge < -0.3 is 5.32 Å². The molecule has 0 aliphatic heterocycles. The van der Waals surface area contributed by atoms with Crippen molar-refractivity contribution < 1.29 is 0 Å². The van der Waals surface area contributed by atoms with Gasteiger partial charge in [0.15, 0.2) is 0 Å². The first-order valence-corrected chi connectivity index (χ1v) is 7.57.